The average molecular weight is 480 g/mol. The number of hydrogen-bond donors (Lipinski definition) is 0. The van der Waals surface area contributed by atoms with Crippen molar-refractivity contribution >= 4 is 11.8 Å². The SMILES string of the molecule is CC(CC(=O)CCCN1C(C)(C)CC(OC(=O)CC(C)CC(C)(C)C)CC1(C)C)CC(C)(C)C. The van der Waals surface area contributed by atoms with Crippen molar-refractivity contribution < 1.29 is 14.3 Å². The van der Waals surface area contributed by atoms with Gasteiger partial charge in [0.05, 0.1) is 0 Å². The van der Waals surface area contributed by atoms with Gasteiger partial charge in [0.2, 0.25) is 0 Å². The Labute approximate surface area is 212 Å². The molecule has 1 saturated heterocycles. The van der Waals surface area contributed by atoms with Crippen molar-refractivity contribution in [1.82, 2.24) is 4.90 Å². The van der Waals surface area contributed by atoms with E-state index in [0.717, 1.165) is 38.6 Å². The van der Waals surface area contributed by atoms with E-state index in [1.54, 1.807) is 0 Å². The molecule has 2 atom stereocenters. The molecule has 0 N–H and O–H groups in total. The van der Waals surface area contributed by atoms with Crippen molar-refractivity contribution in [1.29, 1.82) is 0 Å². The second-order valence-electron chi connectivity index (χ2n) is 15.1. The predicted molar refractivity (Wildman–Crippen MR) is 144 cm³/mol. The molecular formula is C30H57NO3. The number of ether oxygens (including phenoxy) is 1. The molecule has 0 saturated carbocycles. The summed E-state index contributed by atoms with van der Waals surface area (Å²) < 4.78 is 6.00. The highest BCUT2D eigenvalue weighted by Gasteiger charge is 2.46. The molecule has 1 heterocycles. The van der Waals surface area contributed by atoms with Gasteiger partial charge >= 0.3 is 5.97 Å². The van der Waals surface area contributed by atoms with E-state index >= 15 is 0 Å². The molecule has 4 heteroatoms. The summed E-state index contributed by atoms with van der Waals surface area (Å²) in [5.74, 6) is 1.10. The van der Waals surface area contributed by atoms with Crippen molar-refractivity contribution in [3.8, 4) is 0 Å². The van der Waals surface area contributed by atoms with Gasteiger partial charge < -0.3 is 4.74 Å². The van der Waals surface area contributed by atoms with Gasteiger partial charge in [-0.3, -0.25) is 14.5 Å². The predicted octanol–water partition coefficient (Wildman–Crippen LogP) is 7.83. The standard InChI is InChI=1S/C30H57NO3/c1-22(18-27(3,4)5)16-24(32)14-13-15-31-29(9,10)20-25(21-30(31,11)12)34-26(33)17-23(2)19-28(6,7)8/h22-23,25H,13-21H2,1-12H3. The van der Waals surface area contributed by atoms with Crippen LogP contribution in [0.2, 0.25) is 0 Å². The number of ketones is 1. The third-order valence-electron chi connectivity index (χ3n) is 7.06. The Kier molecular flexibility index (Phi) is 10.9. The lowest BCUT2D eigenvalue weighted by molar-refractivity contribution is -0.161. The van der Waals surface area contributed by atoms with Crippen molar-refractivity contribution in [2.75, 3.05) is 6.54 Å². The number of Topliss-reactive ketones (excluding diaryl/α,β-unsaturated/α-hetero) is 1. The molecule has 1 fully saturated rings. The van der Waals surface area contributed by atoms with E-state index in [1.807, 2.05) is 0 Å². The second-order valence-corrected chi connectivity index (χ2v) is 15.1. The van der Waals surface area contributed by atoms with Crippen molar-refractivity contribution in [3.63, 3.8) is 0 Å². The smallest absolute Gasteiger partial charge is 0.306 e. The summed E-state index contributed by atoms with van der Waals surface area (Å²) >= 11 is 0. The first kappa shape index (κ1) is 31.1. The van der Waals surface area contributed by atoms with Crippen LogP contribution in [0.5, 0.6) is 0 Å². The van der Waals surface area contributed by atoms with Crippen LogP contribution in [0, 0.1) is 22.7 Å². The topological polar surface area (TPSA) is 46.6 Å². The van der Waals surface area contributed by atoms with Crippen LogP contribution in [0.15, 0.2) is 0 Å². The van der Waals surface area contributed by atoms with Crippen molar-refractivity contribution in [3.05, 3.63) is 0 Å². The number of carbonyl (C=O) groups excluding carboxylic acids is 2. The molecule has 0 bridgehead atoms. The largest absolute Gasteiger partial charge is 0.462 e. The first-order valence-electron chi connectivity index (χ1n) is 13.7. The first-order valence-corrected chi connectivity index (χ1v) is 13.7. The van der Waals surface area contributed by atoms with Gasteiger partial charge in [0.1, 0.15) is 11.9 Å². The fourth-order valence-corrected chi connectivity index (χ4v) is 6.59. The van der Waals surface area contributed by atoms with Gasteiger partial charge in [-0.15, -0.1) is 0 Å². The fourth-order valence-electron chi connectivity index (χ4n) is 6.59. The Morgan fingerprint density at radius 1 is 0.853 bits per heavy atom. The Bertz CT molecular complexity index is 648. The van der Waals surface area contributed by atoms with Gasteiger partial charge in [0.25, 0.3) is 0 Å². The number of piperidine rings is 1. The summed E-state index contributed by atoms with van der Waals surface area (Å²) in [6, 6.07) is 0. The Morgan fingerprint density at radius 2 is 1.29 bits per heavy atom. The highest BCUT2D eigenvalue weighted by Crippen LogP contribution is 2.40. The highest BCUT2D eigenvalue weighted by molar-refractivity contribution is 5.78. The van der Waals surface area contributed by atoms with Gasteiger partial charge in [-0.2, -0.15) is 0 Å². The minimum absolute atomic E-state index is 0.0459. The zero-order chi connectivity index (χ0) is 26.5. The molecular weight excluding hydrogens is 422 g/mol. The molecule has 1 aliphatic heterocycles. The van der Waals surface area contributed by atoms with Gasteiger partial charge in [0, 0.05) is 43.2 Å². The molecule has 0 amide bonds. The van der Waals surface area contributed by atoms with E-state index in [-0.39, 0.29) is 34.0 Å². The lowest BCUT2D eigenvalue weighted by atomic mass is 9.77. The fraction of sp³-hybridized carbons (Fsp3) is 0.933. The summed E-state index contributed by atoms with van der Waals surface area (Å²) in [7, 11) is 0. The maximum Gasteiger partial charge on any atom is 0.306 e. The van der Waals surface area contributed by atoms with Crippen LogP contribution in [0.3, 0.4) is 0 Å². The van der Waals surface area contributed by atoms with Crippen molar-refractivity contribution in [2.24, 2.45) is 22.7 Å². The monoisotopic (exact) mass is 479 g/mol. The summed E-state index contributed by atoms with van der Waals surface area (Å²) in [5.41, 5.74) is 0.339. The van der Waals surface area contributed by atoms with Gasteiger partial charge in [-0.05, 0) is 76.2 Å². The third kappa shape index (κ3) is 11.7. The lowest BCUT2D eigenvalue weighted by Crippen LogP contribution is -2.62. The summed E-state index contributed by atoms with van der Waals surface area (Å²) in [6.07, 6.45) is 6.47. The Morgan fingerprint density at radius 3 is 1.74 bits per heavy atom. The minimum atomic E-state index is -0.0771. The van der Waals surface area contributed by atoms with Crippen LogP contribution in [0.4, 0.5) is 0 Å². The van der Waals surface area contributed by atoms with Crippen LogP contribution in [0.25, 0.3) is 0 Å². The summed E-state index contributed by atoms with van der Waals surface area (Å²) in [4.78, 5) is 27.8. The number of rotatable bonds is 11. The Balaban J connectivity index is 2.59. The first-order chi connectivity index (χ1) is 15.2. The van der Waals surface area contributed by atoms with Crippen LogP contribution in [-0.4, -0.2) is 40.4 Å². The molecule has 200 valence electrons. The molecule has 1 rings (SSSR count). The lowest BCUT2D eigenvalue weighted by Gasteiger charge is -2.55. The van der Waals surface area contributed by atoms with Crippen LogP contribution < -0.4 is 0 Å². The molecule has 2 unspecified atom stereocenters. The molecule has 1 aliphatic rings. The number of hydrogen-bond acceptors (Lipinski definition) is 4. The number of nitrogens with zero attached hydrogens (tertiary/aromatic N) is 1. The number of likely N-dealkylation sites (tertiary alicyclic amines) is 1. The number of carbonyl (C=O) groups is 2. The van der Waals surface area contributed by atoms with E-state index < -0.39 is 0 Å². The maximum absolute atomic E-state index is 12.7. The molecule has 34 heavy (non-hydrogen) atoms. The highest BCUT2D eigenvalue weighted by atomic mass is 16.5. The molecule has 0 spiro atoms. The van der Waals surface area contributed by atoms with Crippen LogP contribution in [-0.2, 0) is 14.3 Å². The third-order valence-corrected chi connectivity index (χ3v) is 7.06. The van der Waals surface area contributed by atoms with Crippen LogP contribution in [0.1, 0.15) is 134 Å². The summed E-state index contributed by atoms with van der Waals surface area (Å²) in [6.45, 7) is 27.6. The molecule has 4 nitrogen and oxygen atoms in total. The van der Waals surface area contributed by atoms with E-state index in [0.29, 0.717) is 36.9 Å². The zero-order valence-electron chi connectivity index (χ0n) is 24.8. The van der Waals surface area contributed by atoms with Crippen LogP contribution >= 0.6 is 0 Å². The van der Waals surface area contributed by atoms with E-state index in [9.17, 15) is 9.59 Å². The Hall–Kier alpha value is -0.900. The quantitative estimate of drug-likeness (QED) is 0.283. The molecule has 0 aromatic heterocycles. The second kappa shape index (κ2) is 11.9. The van der Waals surface area contributed by atoms with Gasteiger partial charge in [-0.1, -0.05) is 55.4 Å². The normalized spacial score (nSPS) is 21.2. The van der Waals surface area contributed by atoms with Gasteiger partial charge in [0.15, 0.2) is 0 Å². The molecule has 0 aromatic rings. The molecule has 0 radical (unpaired) electrons. The summed E-state index contributed by atoms with van der Waals surface area (Å²) in [5, 5.41) is 0. The van der Waals surface area contributed by atoms with Gasteiger partial charge in [-0.25, -0.2) is 0 Å². The minimum Gasteiger partial charge on any atom is -0.462 e. The van der Waals surface area contributed by atoms with E-state index in [4.69, 9.17) is 4.74 Å². The zero-order valence-corrected chi connectivity index (χ0v) is 24.8. The maximum atomic E-state index is 12.7. The van der Waals surface area contributed by atoms with E-state index in [2.05, 4.69) is 88.0 Å². The number of esters is 1. The molecule has 0 aromatic carbocycles. The van der Waals surface area contributed by atoms with E-state index in [1.165, 1.54) is 0 Å². The van der Waals surface area contributed by atoms with Crippen molar-refractivity contribution in [2.45, 2.75) is 152 Å². The molecule has 0 aliphatic carbocycles. The average Bonchev–Trinajstić information content (AvgIpc) is 2.52.